The maximum Gasteiger partial charge on any atom is 0.322 e. The van der Waals surface area contributed by atoms with Crippen LogP contribution in [0.2, 0.25) is 0 Å². The van der Waals surface area contributed by atoms with Crippen molar-refractivity contribution in [2.75, 3.05) is 6.54 Å². The van der Waals surface area contributed by atoms with Crippen LogP contribution in [0.15, 0.2) is 36.5 Å². The molecule has 0 saturated heterocycles. The lowest BCUT2D eigenvalue weighted by atomic mass is 10.2. The number of aromatic nitrogens is 2. The average Bonchev–Trinajstić information content (AvgIpc) is 2.79. The van der Waals surface area contributed by atoms with Crippen molar-refractivity contribution in [3.8, 4) is 5.69 Å². The van der Waals surface area contributed by atoms with Gasteiger partial charge in [-0.3, -0.25) is 9.59 Å². The molecule has 2 rings (SSSR count). The minimum atomic E-state index is -1.08. The van der Waals surface area contributed by atoms with Gasteiger partial charge in [0.1, 0.15) is 6.54 Å². The highest BCUT2D eigenvalue weighted by Crippen LogP contribution is 2.13. The molecule has 2 aromatic rings. The van der Waals surface area contributed by atoms with Crippen molar-refractivity contribution in [1.29, 1.82) is 0 Å². The first-order valence-electron chi connectivity index (χ1n) is 5.69. The predicted octanol–water partition coefficient (Wildman–Crippen LogP) is 0.995. The molecule has 0 spiro atoms. The summed E-state index contributed by atoms with van der Waals surface area (Å²) in [4.78, 5) is 22.2. The fourth-order valence-electron chi connectivity index (χ4n) is 1.71. The largest absolute Gasteiger partial charge is 0.480 e. The van der Waals surface area contributed by atoms with Crippen molar-refractivity contribution < 1.29 is 14.7 Å². The number of carboxylic acid groups (broad SMARTS) is 1. The fraction of sp³-hybridized carbons (Fsp3) is 0.154. The normalized spacial score (nSPS) is 10.2. The summed E-state index contributed by atoms with van der Waals surface area (Å²) in [6.45, 7) is 1.35. The minimum Gasteiger partial charge on any atom is -0.480 e. The lowest BCUT2D eigenvalue weighted by Crippen LogP contribution is -2.29. The Bertz CT molecular complexity index is 605. The highest BCUT2D eigenvalue weighted by molar-refractivity contribution is 5.96. The van der Waals surface area contributed by atoms with E-state index in [0.29, 0.717) is 11.3 Å². The number of hydrogen-bond donors (Lipinski definition) is 2. The minimum absolute atomic E-state index is 0.366. The van der Waals surface area contributed by atoms with Crippen molar-refractivity contribution >= 4 is 11.9 Å². The summed E-state index contributed by atoms with van der Waals surface area (Å²) >= 11 is 0. The van der Waals surface area contributed by atoms with Crippen LogP contribution in [-0.2, 0) is 4.79 Å². The third kappa shape index (κ3) is 2.79. The van der Waals surface area contributed by atoms with Crippen LogP contribution >= 0.6 is 0 Å². The molecule has 6 nitrogen and oxygen atoms in total. The molecule has 0 unspecified atom stereocenters. The number of carboxylic acids is 1. The Morgan fingerprint density at radius 2 is 2.00 bits per heavy atom. The van der Waals surface area contributed by atoms with Gasteiger partial charge in [-0.2, -0.15) is 5.10 Å². The molecule has 1 amide bonds. The van der Waals surface area contributed by atoms with Gasteiger partial charge in [0.25, 0.3) is 5.91 Å². The molecule has 0 saturated carbocycles. The van der Waals surface area contributed by atoms with Crippen LogP contribution in [0.3, 0.4) is 0 Å². The number of aliphatic carboxylic acids is 1. The summed E-state index contributed by atoms with van der Waals surface area (Å²) < 4.78 is 1.63. The van der Waals surface area contributed by atoms with Crippen LogP contribution in [0.5, 0.6) is 0 Å². The molecular weight excluding hydrogens is 246 g/mol. The first kappa shape index (κ1) is 12.8. The zero-order chi connectivity index (χ0) is 13.8. The second-order valence-electron chi connectivity index (χ2n) is 3.97. The van der Waals surface area contributed by atoms with E-state index in [4.69, 9.17) is 5.11 Å². The number of nitrogens with zero attached hydrogens (tertiary/aromatic N) is 2. The van der Waals surface area contributed by atoms with E-state index < -0.39 is 18.4 Å². The molecule has 0 aliphatic heterocycles. The molecule has 1 aromatic carbocycles. The van der Waals surface area contributed by atoms with Gasteiger partial charge in [-0.1, -0.05) is 18.2 Å². The molecule has 0 aliphatic rings. The molecule has 0 bridgehead atoms. The Morgan fingerprint density at radius 1 is 1.32 bits per heavy atom. The van der Waals surface area contributed by atoms with Crippen molar-refractivity contribution in [1.82, 2.24) is 15.1 Å². The van der Waals surface area contributed by atoms with Gasteiger partial charge in [0, 0.05) is 0 Å². The monoisotopic (exact) mass is 259 g/mol. The molecule has 2 N–H and O–H groups in total. The molecule has 19 heavy (non-hydrogen) atoms. The Morgan fingerprint density at radius 3 is 2.63 bits per heavy atom. The van der Waals surface area contributed by atoms with Gasteiger partial charge in [0.05, 0.1) is 23.1 Å². The zero-order valence-corrected chi connectivity index (χ0v) is 10.3. The molecule has 0 radical (unpaired) electrons. The molecular formula is C13H13N3O3. The second-order valence-corrected chi connectivity index (χ2v) is 3.97. The van der Waals surface area contributed by atoms with E-state index >= 15 is 0 Å². The van der Waals surface area contributed by atoms with E-state index in [1.807, 2.05) is 30.3 Å². The fourth-order valence-corrected chi connectivity index (χ4v) is 1.71. The van der Waals surface area contributed by atoms with E-state index in [0.717, 1.165) is 5.69 Å². The maximum absolute atomic E-state index is 11.8. The smallest absolute Gasteiger partial charge is 0.322 e. The Kier molecular flexibility index (Phi) is 3.61. The molecule has 0 atom stereocenters. The lowest BCUT2D eigenvalue weighted by Gasteiger charge is -2.05. The second kappa shape index (κ2) is 5.34. The van der Waals surface area contributed by atoms with Crippen LogP contribution in [0.4, 0.5) is 0 Å². The molecule has 6 heteroatoms. The van der Waals surface area contributed by atoms with Crippen molar-refractivity contribution in [2.24, 2.45) is 0 Å². The van der Waals surface area contributed by atoms with Crippen molar-refractivity contribution in [2.45, 2.75) is 6.92 Å². The van der Waals surface area contributed by atoms with E-state index in [9.17, 15) is 9.59 Å². The van der Waals surface area contributed by atoms with Crippen LogP contribution in [-0.4, -0.2) is 33.3 Å². The first-order valence-corrected chi connectivity index (χ1v) is 5.69. The Labute approximate surface area is 109 Å². The predicted molar refractivity (Wildman–Crippen MR) is 68.3 cm³/mol. The number of benzene rings is 1. The third-order valence-electron chi connectivity index (χ3n) is 2.66. The summed E-state index contributed by atoms with van der Waals surface area (Å²) in [6, 6.07) is 9.39. The summed E-state index contributed by atoms with van der Waals surface area (Å²) in [6.07, 6.45) is 1.43. The number of carbonyl (C=O) groups is 2. The number of amides is 1. The number of para-hydroxylation sites is 1. The standard InChI is InChI=1S/C13H13N3O3/c1-9-11(13(19)14-8-12(17)18)7-15-16(9)10-5-3-2-4-6-10/h2-7H,8H2,1H3,(H,14,19)(H,17,18). The van der Waals surface area contributed by atoms with Crippen LogP contribution in [0, 0.1) is 6.92 Å². The van der Waals surface area contributed by atoms with Crippen molar-refractivity contribution in [3.05, 3.63) is 47.8 Å². The zero-order valence-electron chi connectivity index (χ0n) is 10.3. The van der Waals surface area contributed by atoms with Gasteiger partial charge < -0.3 is 10.4 Å². The first-order chi connectivity index (χ1) is 9.09. The highest BCUT2D eigenvalue weighted by Gasteiger charge is 2.15. The van der Waals surface area contributed by atoms with Crippen molar-refractivity contribution in [3.63, 3.8) is 0 Å². The topological polar surface area (TPSA) is 84.2 Å². The van der Waals surface area contributed by atoms with E-state index in [1.54, 1.807) is 11.6 Å². The number of rotatable bonds is 4. The lowest BCUT2D eigenvalue weighted by molar-refractivity contribution is -0.135. The Hall–Kier alpha value is -2.63. The average molecular weight is 259 g/mol. The summed E-state index contributed by atoms with van der Waals surface area (Å²) in [5.74, 6) is -1.52. The summed E-state index contributed by atoms with van der Waals surface area (Å²) in [5.41, 5.74) is 1.87. The van der Waals surface area contributed by atoms with Crippen LogP contribution < -0.4 is 5.32 Å². The Balaban J connectivity index is 2.24. The highest BCUT2D eigenvalue weighted by atomic mass is 16.4. The SMILES string of the molecule is Cc1c(C(=O)NCC(=O)O)cnn1-c1ccccc1. The molecule has 1 aromatic heterocycles. The van der Waals surface area contributed by atoms with Gasteiger partial charge >= 0.3 is 5.97 Å². The maximum atomic E-state index is 11.8. The van der Waals surface area contributed by atoms with Gasteiger partial charge in [0.2, 0.25) is 0 Å². The number of nitrogens with one attached hydrogen (secondary N) is 1. The number of carbonyl (C=O) groups excluding carboxylic acids is 1. The van der Waals surface area contributed by atoms with Gasteiger partial charge in [-0.05, 0) is 19.1 Å². The molecule has 1 heterocycles. The van der Waals surface area contributed by atoms with Crippen LogP contribution in [0.25, 0.3) is 5.69 Å². The quantitative estimate of drug-likeness (QED) is 0.857. The van der Waals surface area contributed by atoms with Gasteiger partial charge in [-0.15, -0.1) is 0 Å². The van der Waals surface area contributed by atoms with Gasteiger partial charge in [-0.25, -0.2) is 4.68 Å². The molecule has 0 aliphatic carbocycles. The van der Waals surface area contributed by atoms with E-state index in [-0.39, 0.29) is 0 Å². The summed E-state index contributed by atoms with van der Waals surface area (Å²) in [5, 5.41) is 15.0. The molecule has 0 fully saturated rings. The third-order valence-corrected chi connectivity index (χ3v) is 2.66. The summed E-state index contributed by atoms with van der Waals surface area (Å²) in [7, 11) is 0. The number of hydrogen-bond acceptors (Lipinski definition) is 3. The van der Waals surface area contributed by atoms with E-state index in [2.05, 4.69) is 10.4 Å². The van der Waals surface area contributed by atoms with E-state index in [1.165, 1.54) is 6.20 Å². The van der Waals surface area contributed by atoms with Crippen LogP contribution in [0.1, 0.15) is 16.1 Å². The van der Waals surface area contributed by atoms with Gasteiger partial charge in [0.15, 0.2) is 0 Å². The molecule has 98 valence electrons.